The number of nitrogens with one attached hydrogen (secondary N) is 2. The summed E-state index contributed by atoms with van der Waals surface area (Å²) in [6, 6.07) is 14.3. The predicted octanol–water partition coefficient (Wildman–Crippen LogP) is 3.43. The first-order valence-electron chi connectivity index (χ1n) is 8.23. The Morgan fingerprint density at radius 3 is 2.62 bits per heavy atom. The monoisotopic (exact) mass is 365 g/mol. The summed E-state index contributed by atoms with van der Waals surface area (Å²) in [5, 5.41) is 7.55. The fourth-order valence-corrected chi connectivity index (χ4v) is 3.14. The number of amides is 2. The molecule has 2 aromatic heterocycles. The van der Waals surface area contributed by atoms with Crippen molar-refractivity contribution in [2.45, 2.75) is 19.4 Å². The number of hydrogen-bond acceptors (Lipinski definition) is 4. The minimum atomic E-state index is -0.688. The van der Waals surface area contributed by atoms with E-state index >= 15 is 0 Å². The van der Waals surface area contributed by atoms with Crippen LogP contribution in [0.25, 0.3) is 0 Å². The molecular formula is C20H19N3O2S. The SMILES string of the molecule is Cc1ccncc1NC(=O)C(Cc1ccccc1)NC(=O)c1cccs1. The number of hydrogen-bond donors (Lipinski definition) is 2. The molecule has 3 rings (SSSR count). The normalized spacial score (nSPS) is 11.6. The number of benzene rings is 1. The van der Waals surface area contributed by atoms with E-state index in [1.165, 1.54) is 11.3 Å². The Kier molecular flexibility index (Phi) is 5.76. The van der Waals surface area contributed by atoms with Crippen LogP contribution in [0.2, 0.25) is 0 Å². The highest BCUT2D eigenvalue weighted by Gasteiger charge is 2.23. The highest BCUT2D eigenvalue weighted by Crippen LogP contribution is 2.14. The zero-order valence-corrected chi connectivity index (χ0v) is 15.1. The van der Waals surface area contributed by atoms with Crippen LogP contribution < -0.4 is 10.6 Å². The Bertz CT molecular complexity index is 879. The van der Waals surface area contributed by atoms with Gasteiger partial charge in [0, 0.05) is 12.6 Å². The lowest BCUT2D eigenvalue weighted by molar-refractivity contribution is -0.118. The van der Waals surface area contributed by atoms with Crippen LogP contribution in [0.3, 0.4) is 0 Å². The maximum Gasteiger partial charge on any atom is 0.262 e. The van der Waals surface area contributed by atoms with Gasteiger partial charge in [0.05, 0.1) is 16.8 Å². The number of rotatable bonds is 6. The van der Waals surface area contributed by atoms with Crippen molar-refractivity contribution >= 4 is 28.8 Å². The summed E-state index contributed by atoms with van der Waals surface area (Å²) in [6.07, 6.45) is 3.68. The van der Waals surface area contributed by atoms with Crippen molar-refractivity contribution in [2.24, 2.45) is 0 Å². The highest BCUT2D eigenvalue weighted by molar-refractivity contribution is 7.12. The fraction of sp³-hybridized carbons (Fsp3) is 0.150. The standard InChI is InChI=1S/C20H19N3O2S/c1-14-9-10-21-13-17(14)23-19(24)16(12-15-6-3-2-4-7-15)22-20(25)18-8-5-11-26-18/h2-11,13,16H,12H2,1H3,(H,22,25)(H,23,24). The third kappa shape index (κ3) is 4.55. The molecule has 0 aliphatic carbocycles. The first-order valence-corrected chi connectivity index (χ1v) is 9.11. The van der Waals surface area contributed by atoms with Crippen molar-refractivity contribution in [3.8, 4) is 0 Å². The first kappa shape index (κ1) is 17.8. The third-order valence-electron chi connectivity index (χ3n) is 3.95. The first-order chi connectivity index (χ1) is 12.6. The van der Waals surface area contributed by atoms with Gasteiger partial charge in [0.1, 0.15) is 6.04 Å². The molecule has 0 saturated heterocycles. The van der Waals surface area contributed by atoms with Gasteiger partial charge in [0.2, 0.25) is 5.91 Å². The summed E-state index contributed by atoms with van der Waals surface area (Å²) < 4.78 is 0. The lowest BCUT2D eigenvalue weighted by Gasteiger charge is -2.19. The van der Waals surface area contributed by atoms with Gasteiger partial charge in [-0.1, -0.05) is 36.4 Å². The molecule has 0 aliphatic rings. The molecule has 5 nitrogen and oxygen atoms in total. The van der Waals surface area contributed by atoms with E-state index in [2.05, 4.69) is 15.6 Å². The van der Waals surface area contributed by atoms with Gasteiger partial charge in [0.15, 0.2) is 0 Å². The van der Waals surface area contributed by atoms with E-state index < -0.39 is 6.04 Å². The van der Waals surface area contributed by atoms with E-state index in [-0.39, 0.29) is 11.8 Å². The summed E-state index contributed by atoms with van der Waals surface area (Å²) >= 11 is 1.34. The van der Waals surface area contributed by atoms with Gasteiger partial charge >= 0.3 is 0 Å². The number of pyridine rings is 1. The van der Waals surface area contributed by atoms with Gasteiger partial charge < -0.3 is 10.6 Å². The number of carbonyl (C=O) groups excluding carboxylic acids is 2. The quantitative estimate of drug-likeness (QED) is 0.703. The molecule has 2 heterocycles. The number of aromatic nitrogens is 1. The molecule has 0 bridgehead atoms. The summed E-state index contributed by atoms with van der Waals surface area (Å²) in [6.45, 7) is 1.90. The van der Waals surface area contributed by atoms with Crippen LogP contribution in [0.5, 0.6) is 0 Å². The van der Waals surface area contributed by atoms with Crippen LogP contribution in [0.1, 0.15) is 20.8 Å². The second-order valence-corrected chi connectivity index (χ2v) is 6.82. The largest absolute Gasteiger partial charge is 0.339 e. The van der Waals surface area contributed by atoms with Gasteiger partial charge in [-0.25, -0.2) is 0 Å². The van der Waals surface area contributed by atoms with Crippen molar-refractivity contribution < 1.29 is 9.59 Å². The zero-order valence-electron chi connectivity index (χ0n) is 14.3. The molecule has 1 aromatic carbocycles. The Morgan fingerprint density at radius 1 is 1.12 bits per heavy atom. The maximum atomic E-state index is 12.8. The average Bonchev–Trinajstić information content (AvgIpc) is 3.19. The lowest BCUT2D eigenvalue weighted by atomic mass is 10.0. The third-order valence-corrected chi connectivity index (χ3v) is 4.82. The van der Waals surface area contributed by atoms with Crippen molar-refractivity contribution in [2.75, 3.05) is 5.32 Å². The van der Waals surface area contributed by atoms with Crippen molar-refractivity contribution in [3.63, 3.8) is 0 Å². The molecule has 0 fully saturated rings. The Hall–Kier alpha value is -2.99. The number of nitrogens with zero attached hydrogens (tertiary/aromatic N) is 1. The Balaban J connectivity index is 1.78. The molecule has 1 unspecified atom stereocenters. The van der Waals surface area contributed by atoms with E-state index in [1.807, 2.05) is 54.8 Å². The second-order valence-electron chi connectivity index (χ2n) is 5.87. The highest BCUT2D eigenvalue weighted by atomic mass is 32.1. The Labute approximate surface area is 156 Å². The fourth-order valence-electron chi connectivity index (χ4n) is 2.51. The molecule has 0 spiro atoms. The molecule has 26 heavy (non-hydrogen) atoms. The predicted molar refractivity (Wildman–Crippen MR) is 103 cm³/mol. The van der Waals surface area contributed by atoms with Crippen LogP contribution in [-0.4, -0.2) is 22.8 Å². The maximum absolute atomic E-state index is 12.8. The smallest absolute Gasteiger partial charge is 0.262 e. The van der Waals surface area contributed by atoms with Gasteiger partial charge in [-0.3, -0.25) is 14.6 Å². The van der Waals surface area contributed by atoms with Crippen molar-refractivity contribution in [1.29, 1.82) is 0 Å². The molecular weight excluding hydrogens is 346 g/mol. The molecule has 132 valence electrons. The van der Waals surface area contributed by atoms with Gasteiger partial charge in [0.25, 0.3) is 5.91 Å². The minimum Gasteiger partial charge on any atom is -0.339 e. The van der Waals surface area contributed by atoms with E-state index in [9.17, 15) is 9.59 Å². The second kappa shape index (κ2) is 8.40. The van der Waals surface area contributed by atoms with E-state index in [0.29, 0.717) is 17.0 Å². The molecule has 0 radical (unpaired) electrons. The van der Waals surface area contributed by atoms with Crippen LogP contribution >= 0.6 is 11.3 Å². The number of aryl methyl sites for hydroxylation is 1. The molecule has 3 aromatic rings. The van der Waals surface area contributed by atoms with Crippen LogP contribution in [0, 0.1) is 6.92 Å². The van der Waals surface area contributed by atoms with E-state index in [1.54, 1.807) is 18.5 Å². The van der Waals surface area contributed by atoms with Crippen molar-refractivity contribution in [3.05, 3.63) is 82.3 Å². The molecule has 2 amide bonds. The molecule has 1 atom stereocenters. The number of anilines is 1. The topological polar surface area (TPSA) is 71.1 Å². The van der Waals surface area contributed by atoms with Crippen LogP contribution in [-0.2, 0) is 11.2 Å². The molecule has 2 N–H and O–H groups in total. The van der Waals surface area contributed by atoms with Gasteiger partial charge in [-0.15, -0.1) is 11.3 Å². The van der Waals surface area contributed by atoms with E-state index in [4.69, 9.17) is 0 Å². The van der Waals surface area contributed by atoms with Gasteiger partial charge in [-0.2, -0.15) is 0 Å². The van der Waals surface area contributed by atoms with Crippen LogP contribution in [0.15, 0.2) is 66.3 Å². The summed E-state index contributed by atoms with van der Waals surface area (Å²) in [7, 11) is 0. The molecule has 6 heteroatoms. The number of thiophene rings is 1. The van der Waals surface area contributed by atoms with Crippen LogP contribution in [0.4, 0.5) is 5.69 Å². The molecule has 0 aliphatic heterocycles. The lowest BCUT2D eigenvalue weighted by Crippen LogP contribution is -2.45. The minimum absolute atomic E-state index is 0.251. The summed E-state index contributed by atoms with van der Waals surface area (Å²) in [5.74, 6) is -0.520. The average molecular weight is 365 g/mol. The van der Waals surface area contributed by atoms with Gasteiger partial charge in [-0.05, 0) is 35.6 Å². The van der Waals surface area contributed by atoms with Crippen molar-refractivity contribution in [1.82, 2.24) is 10.3 Å². The Morgan fingerprint density at radius 2 is 1.92 bits per heavy atom. The summed E-state index contributed by atoms with van der Waals surface area (Å²) in [5.41, 5.74) is 2.53. The molecule has 0 saturated carbocycles. The number of carbonyl (C=O) groups is 2. The summed E-state index contributed by atoms with van der Waals surface area (Å²) in [4.78, 5) is 29.9. The van der Waals surface area contributed by atoms with E-state index in [0.717, 1.165) is 11.1 Å². The zero-order chi connectivity index (χ0) is 18.4.